The summed E-state index contributed by atoms with van der Waals surface area (Å²) in [6.07, 6.45) is 1.95. The number of benzene rings is 1. The summed E-state index contributed by atoms with van der Waals surface area (Å²) in [5, 5.41) is -0.592. The molecule has 0 N–H and O–H groups in total. The molecule has 0 aliphatic rings. The molecule has 0 fully saturated rings. The van der Waals surface area contributed by atoms with E-state index in [4.69, 9.17) is 4.74 Å². The molecule has 0 aliphatic carbocycles. The Kier molecular flexibility index (Phi) is 6.73. The molecule has 3 rings (SSSR count). The molecule has 0 saturated carbocycles. The lowest BCUT2D eigenvalue weighted by atomic mass is 10.2. The number of halogens is 2. The van der Waals surface area contributed by atoms with Crippen molar-refractivity contribution >= 4 is 9.84 Å². The second-order valence-corrected chi connectivity index (χ2v) is 9.95. The zero-order valence-electron chi connectivity index (χ0n) is 18.1. The van der Waals surface area contributed by atoms with Crippen LogP contribution in [0.1, 0.15) is 31.5 Å². The summed E-state index contributed by atoms with van der Waals surface area (Å²) in [5.74, 6) is -3.07. The van der Waals surface area contributed by atoms with E-state index in [9.17, 15) is 22.0 Å². The van der Waals surface area contributed by atoms with Crippen LogP contribution in [0.2, 0.25) is 0 Å². The Labute approximate surface area is 184 Å². The lowest BCUT2D eigenvalue weighted by Crippen LogP contribution is -2.19. The van der Waals surface area contributed by atoms with Crippen LogP contribution in [-0.4, -0.2) is 28.2 Å². The number of aryl methyl sites for hydroxylation is 2. The average Bonchev–Trinajstić information content (AvgIpc) is 2.74. The van der Waals surface area contributed by atoms with Crippen LogP contribution >= 0.6 is 0 Å². The van der Waals surface area contributed by atoms with Crippen LogP contribution in [0.3, 0.4) is 0 Å². The van der Waals surface area contributed by atoms with E-state index in [1.165, 1.54) is 42.0 Å². The Morgan fingerprint density at radius 3 is 2.53 bits per heavy atom. The Hall–Kier alpha value is -3.14. The summed E-state index contributed by atoms with van der Waals surface area (Å²) in [4.78, 5) is 20.1. The number of sulfone groups is 1. The first kappa shape index (κ1) is 23.5. The second-order valence-electron chi connectivity index (χ2n) is 7.53. The fraction of sp³-hybridized carbons (Fsp3) is 0.318. The van der Waals surface area contributed by atoms with Crippen molar-refractivity contribution in [3.63, 3.8) is 0 Å². The normalized spacial score (nSPS) is 12.6. The van der Waals surface area contributed by atoms with Crippen LogP contribution in [0, 0.1) is 18.6 Å². The maximum Gasteiger partial charge on any atom is 0.322 e. The van der Waals surface area contributed by atoms with E-state index in [1.807, 2.05) is 0 Å². The van der Waals surface area contributed by atoms with Crippen molar-refractivity contribution in [1.29, 1.82) is 0 Å². The summed E-state index contributed by atoms with van der Waals surface area (Å²) >= 11 is 0. The second kappa shape index (κ2) is 9.15. The van der Waals surface area contributed by atoms with E-state index < -0.39 is 32.5 Å². The predicted molar refractivity (Wildman–Crippen MR) is 116 cm³/mol. The van der Waals surface area contributed by atoms with E-state index >= 15 is 0 Å². The summed E-state index contributed by atoms with van der Waals surface area (Å²) in [6, 6.07) is 6.32. The van der Waals surface area contributed by atoms with Crippen molar-refractivity contribution in [2.75, 3.05) is 0 Å². The summed E-state index contributed by atoms with van der Waals surface area (Å²) in [5.41, 5.74) is 0.978. The van der Waals surface area contributed by atoms with Gasteiger partial charge in [-0.25, -0.2) is 12.8 Å². The van der Waals surface area contributed by atoms with Gasteiger partial charge in [-0.15, -0.1) is 0 Å². The molecule has 0 bridgehead atoms. The molecule has 2 heterocycles. The lowest BCUT2D eigenvalue weighted by molar-refractivity contribution is 0.389. The Morgan fingerprint density at radius 2 is 1.88 bits per heavy atom. The van der Waals surface area contributed by atoms with Gasteiger partial charge in [0.15, 0.2) is 21.4 Å². The van der Waals surface area contributed by atoms with Gasteiger partial charge in [0.1, 0.15) is 0 Å². The first-order valence-electron chi connectivity index (χ1n) is 9.91. The molecule has 1 aromatic carbocycles. The van der Waals surface area contributed by atoms with Crippen LogP contribution < -0.4 is 10.3 Å². The molecule has 1 atom stereocenters. The number of ether oxygens (including phenoxy) is 1. The SMILES string of the molecule is CC[C@H](C)S(=O)(=O)Cc1cc(-c2ccc(=O)n(C)c2)nc(Oc2c(C)ccc(F)c2F)n1. The smallest absolute Gasteiger partial charge is 0.322 e. The van der Waals surface area contributed by atoms with Crippen molar-refractivity contribution in [3.8, 4) is 23.0 Å². The van der Waals surface area contributed by atoms with Gasteiger partial charge < -0.3 is 9.30 Å². The van der Waals surface area contributed by atoms with Crippen LogP contribution in [0.4, 0.5) is 8.78 Å². The third kappa shape index (κ3) is 5.01. The molecule has 0 aliphatic heterocycles. The number of pyridine rings is 1. The number of hydrogen-bond donors (Lipinski definition) is 0. The largest absolute Gasteiger partial charge is 0.421 e. The first-order valence-corrected chi connectivity index (χ1v) is 11.6. The van der Waals surface area contributed by atoms with Crippen LogP contribution in [0.25, 0.3) is 11.3 Å². The molecule has 7 nitrogen and oxygen atoms in total. The van der Waals surface area contributed by atoms with Crippen LogP contribution in [-0.2, 0) is 22.6 Å². The molecule has 0 amide bonds. The molecular weight excluding hydrogens is 440 g/mol. The van der Waals surface area contributed by atoms with Gasteiger partial charge in [-0.3, -0.25) is 4.79 Å². The van der Waals surface area contributed by atoms with E-state index in [-0.39, 0.29) is 28.7 Å². The minimum atomic E-state index is -3.53. The van der Waals surface area contributed by atoms with Crippen molar-refractivity contribution < 1.29 is 21.9 Å². The molecule has 10 heteroatoms. The van der Waals surface area contributed by atoms with Crippen molar-refractivity contribution in [2.24, 2.45) is 7.05 Å². The minimum Gasteiger partial charge on any atom is -0.421 e. The highest BCUT2D eigenvalue weighted by molar-refractivity contribution is 7.91. The maximum atomic E-state index is 14.3. The number of rotatable bonds is 7. The monoisotopic (exact) mass is 463 g/mol. The number of hydrogen-bond acceptors (Lipinski definition) is 6. The standard InChI is InChI=1S/C22H23F2N3O4S/c1-5-14(3)32(29,30)12-16-10-18(15-7-9-19(28)27(4)11-15)26-22(25-16)31-21-13(2)6-8-17(23)20(21)24/h6-11,14H,5,12H2,1-4H3/t14-/m0/s1. The predicted octanol–water partition coefficient (Wildman–Crippen LogP) is 3.93. The van der Waals surface area contributed by atoms with E-state index in [1.54, 1.807) is 20.9 Å². The van der Waals surface area contributed by atoms with Gasteiger partial charge in [-0.2, -0.15) is 14.4 Å². The Morgan fingerprint density at radius 1 is 1.16 bits per heavy atom. The number of aromatic nitrogens is 3. The third-order valence-electron chi connectivity index (χ3n) is 5.12. The van der Waals surface area contributed by atoms with Crippen molar-refractivity contribution in [3.05, 3.63) is 69.8 Å². The van der Waals surface area contributed by atoms with Crippen LogP contribution in [0.5, 0.6) is 11.8 Å². The highest BCUT2D eigenvalue weighted by Crippen LogP contribution is 2.30. The van der Waals surface area contributed by atoms with Crippen molar-refractivity contribution in [1.82, 2.24) is 14.5 Å². The third-order valence-corrected chi connectivity index (χ3v) is 7.38. The zero-order valence-corrected chi connectivity index (χ0v) is 18.9. The van der Waals surface area contributed by atoms with E-state index in [0.29, 0.717) is 17.5 Å². The van der Waals surface area contributed by atoms with Gasteiger partial charge in [0.05, 0.1) is 22.4 Å². The zero-order chi connectivity index (χ0) is 23.6. The molecule has 0 saturated heterocycles. The van der Waals surface area contributed by atoms with E-state index in [2.05, 4.69) is 9.97 Å². The average molecular weight is 464 g/mol. The van der Waals surface area contributed by atoms with Crippen LogP contribution in [0.15, 0.2) is 41.3 Å². The molecule has 0 unspecified atom stereocenters. The number of nitrogens with zero attached hydrogens (tertiary/aromatic N) is 3. The molecule has 0 radical (unpaired) electrons. The van der Waals surface area contributed by atoms with Gasteiger partial charge in [0, 0.05) is 24.9 Å². The first-order chi connectivity index (χ1) is 15.0. The lowest BCUT2D eigenvalue weighted by Gasteiger charge is -2.14. The molecule has 0 spiro atoms. The molecular formula is C22H23F2N3O4S. The highest BCUT2D eigenvalue weighted by atomic mass is 32.2. The van der Waals surface area contributed by atoms with Gasteiger partial charge in [0.2, 0.25) is 11.4 Å². The fourth-order valence-corrected chi connectivity index (χ4v) is 4.29. The van der Waals surface area contributed by atoms with Crippen molar-refractivity contribution in [2.45, 2.75) is 38.2 Å². The Balaban J connectivity index is 2.13. The maximum absolute atomic E-state index is 14.3. The summed E-state index contributed by atoms with van der Waals surface area (Å²) in [7, 11) is -1.97. The van der Waals surface area contributed by atoms with Gasteiger partial charge in [0.25, 0.3) is 0 Å². The van der Waals surface area contributed by atoms with Gasteiger partial charge in [-0.1, -0.05) is 13.0 Å². The van der Waals surface area contributed by atoms with Gasteiger partial charge >= 0.3 is 6.01 Å². The van der Waals surface area contributed by atoms with E-state index in [0.717, 1.165) is 6.07 Å². The quantitative estimate of drug-likeness (QED) is 0.527. The molecule has 2 aromatic heterocycles. The highest BCUT2D eigenvalue weighted by Gasteiger charge is 2.23. The Bertz CT molecular complexity index is 1320. The molecule has 170 valence electrons. The fourth-order valence-electron chi connectivity index (χ4n) is 2.93. The summed E-state index contributed by atoms with van der Waals surface area (Å²) in [6.45, 7) is 4.90. The minimum absolute atomic E-state index is 0.133. The van der Waals surface area contributed by atoms with Gasteiger partial charge in [-0.05, 0) is 44.0 Å². The topological polar surface area (TPSA) is 91.2 Å². The molecule has 3 aromatic rings. The summed E-state index contributed by atoms with van der Waals surface area (Å²) < 4.78 is 60.1. The molecule has 32 heavy (non-hydrogen) atoms.